The van der Waals surface area contributed by atoms with Gasteiger partial charge in [-0.15, -0.1) is 12.4 Å². The van der Waals surface area contributed by atoms with Gasteiger partial charge < -0.3 is 15.1 Å². The van der Waals surface area contributed by atoms with Crippen molar-refractivity contribution in [2.45, 2.75) is 25.3 Å². The Bertz CT molecular complexity index is 1390. The normalized spacial score (nSPS) is 17.7. The SMILES string of the molecule is Cl.O=C(C[C@@H]1CCCN1)N1CCN(c2c(-c3ccccc3)cnc3[nH]nc(/C=C/c4cccnc4)c23)CC1. The van der Waals surface area contributed by atoms with Gasteiger partial charge in [-0.1, -0.05) is 42.5 Å². The molecule has 6 rings (SSSR count). The molecule has 0 radical (unpaired) electrons. The molecule has 1 aromatic carbocycles. The number of carbonyl (C=O) groups excluding carboxylic acids is 1. The van der Waals surface area contributed by atoms with Crippen LogP contribution in [-0.2, 0) is 4.79 Å². The summed E-state index contributed by atoms with van der Waals surface area (Å²) in [6.45, 7) is 3.97. The molecule has 196 valence electrons. The van der Waals surface area contributed by atoms with Gasteiger partial charge in [-0.25, -0.2) is 4.98 Å². The Kier molecular flexibility index (Phi) is 8.00. The van der Waals surface area contributed by atoms with Crippen LogP contribution in [0.15, 0.2) is 61.1 Å². The van der Waals surface area contributed by atoms with Crippen molar-refractivity contribution in [2.75, 3.05) is 37.6 Å². The number of pyridine rings is 2. The number of amides is 1. The van der Waals surface area contributed by atoms with E-state index in [9.17, 15) is 4.79 Å². The summed E-state index contributed by atoms with van der Waals surface area (Å²) in [4.78, 5) is 26.3. The first-order valence-electron chi connectivity index (χ1n) is 13.0. The molecule has 38 heavy (non-hydrogen) atoms. The standard InChI is InChI=1S/C29H31N7O.ClH/c37-26(18-23-9-5-13-31-23)35-14-16-36(17-15-35)28-24(22-7-2-1-3-8-22)20-32-29-27(28)25(33-34-29)11-10-21-6-4-12-30-19-21;/h1-4,6-8,10-12,19-20,23,31H,5,9,13-18H2,(H,32,33,34);1H/b11-10+;/t23-;/m0./s1. The van der Waals surface area contributed by atoms with Crippen LogP contribution in [0.25, 0.3) is 34.3 Å². The lowest BCUT2D eigenvalue weighted by Gasteiger charge is -2.37. The number of benzene rings is 1. The number of carbonyl (C=O) groups is 1. The number of aromatic nitrogens is 4. The minimum absolute atomic E-state index is 0. The molecule has 0 bridgehead atoms. The minimum Gasteiger partial charge on any atom is -0.367 e. The highest BCUT2D eigenvalue weighted by Gasteiger charge is 2.28. The van der Waals surface area contributed by atoms with Gasteiger partial charge >= 0.3 is 0 Å². The lowest BCUT2D eigenvalue weighted by molar-refractivity contribution is -0.131. The maximum Gasteiger partial charge on any atom is 0.224 e. The van der Waals surface area contributed by atoms with E-state index in [0.717, 1.165) is 71.6 Å². The smallest absolute Gasteiger partial charge is 0.224 e. The molecule has 2 fully saturated rings. The largest absolute Gasteiger partial charge is 0.367 e. The van der Waals surface area contributed by atoms with Gasteiger partial charge in [-0.3, -0.25) is 14.9 Å². The molecule has 9 heteroatoms. The molecule has 2 aliphatic heterocycles. The number of rotatable bonds is 6. The molecule has 0 unspecified atom stereocenters. The predicted molar refractivity (Wildman–Crippen MR) is 154 cm³/mol. The van der Waals surface area contributed by atoms with Crippen LogP contribution in [0.3, 0.4) is 0 Å². The Morgan fingerprint density at radius 3 is 2.61 bits per heavy atom. The van der Waals surface area contributed by atoms with Crippen LogP contribution in [0.2, 0.25) is 0 Å². The Morgan fingerprint density at radius 1 is 1.03 bits per heavy atom. The summed E-state index contributed by atoms with van der Waals surface area (Å²) in [7, 11) is 0. The number of hydrogen-bond acceptors (Lipinski definition) is 6. The van der Waals surface area contributed by atoms with Gasteiger partial charge in [0.05, 0.1) is 16.8 Å². The van der Waals surface area contributed by atoms with Gasteiger partial charge in [0, 0.05) is 62.8 Å². The summed E-state index contributed by atoms with van der Waals surface area (Å²) in [5.74, 6) is 0.255. The highest BCUT2D eigenvalue weighted by atomic mass is 35.5. The van der Waals surface area contributed by atoms with Gasteiger partial charge in [0.2, 0.25) is 5.91 Å². The molecule has 5 heterocycles. The fourth-order valence-electron chi connectivity index (χ4n) is 5.38. The van der Waals surface area contributed by atoms with Crippen LogP contribution < -0.4 is 10.2 Å². The third kappa shape index (κ3) is 5.42. The van der Waals surface area contributed by atoms with Gasteiger partial charge in [-0.05, 0) is 42.7 Å². The summed E-state index contributed by atoms with van der Waals surface area (Å²) in [6.07, 6.45) is 12.4. The lowest BCUT2D eigenvalue weighted by Crippen LogP contribution is -2.50. The Morgan fingerprint density at radius 2 is 1.87 bits per heavy atom. The molecule has 3 aromatic heterocycles. The fraction of sp³-hybridized carbons (Fsp3) is 0.310. The van der Waals surface area contributed by atoms with E-state index in [4.69, 9.17) is 4.98 Å². The third-order valence-electron chi connectivity index (χ3n) is 7.32. The van der Waals surface area contributed by atoms with Crippen molar-refractivity contribution >= 4 is 47.2 Å². The van der Waals surface area contributed by atoms with Crippen molar-refractivity contribution in [1.82, 2.24) is 30.4 Å². The first kappa shape index (κ1) is 25.9. The molecular formula is C29H32ClN7O. The van der Waals surface area contributed by atoms with Gasteiger partial charge in [0.15, 0.2) is 5.65 Å². The van der Waals surface area contributed by atoms with E-state index in [1.807, 2.05) is 47.6 Å². The van der Waals surface area contributed by atoms with Gasteiger partial charge in [-0.2, -0.15) is 5.10 Å². The van der Waals surface area contributed by atoms with Crippen LogP contribution in [0.1, 0.15) is 30.5 Å². The molecule has 4 aromatic rings. The molecule has 2 saturated heterocycles. The number of hydrogen-bond donors (Lipinski definition) is 2. The third-order valence-corrected chi connectivity index (χ3v) is 7.32. The van der Waals surface area contributed by atoms with Crippen molar-refractivity contribution in [3.8, 4) is 11.1 Å². The number of nitrogens with zero attached hydrogens (tertiary/aromatic N) is 5. The quantitative estimate of drug-likeness (QED) is 0.385. The average molecular weight is 530 g/mol. The first-order chi connectivity index (χ1) is 18.3. The van der Waals surface area contributed by atoms with Crippen molar-refractivity contribution in [1.29, 1.82) is 0 Å². The zero-order chi connectivity index (χ0) is 25.0. The number of nitrogens with one attached hydrogen (secondary N) is 2. The number of halogens is 1. The second-order valence-electron chi connectivity index (χ2n) is 9.70. The van der Waals surface area contributed by atoms with Crippen molar-refractivity contribution in [3.63, 3.8) is 0 Å². The fourth-order valence-corrected chi connectivity index (χ4v) is 5.38. The topological polar surface area (TPSA) is 90.0 Å². The second-order valence-corrected chi connectivity index (χ2v) is 9.70. The number of piperazine rings is 1. The summed E-state index contributed by atoms with van der Waals surface area (Å²) in [6, 6.07) is 14.6. The van der Waals surface area contributed by atoms with Crippen LogP contribution in [-0.4, -0.2) is 69.7 Å². The van der Waals surface area contributed by atoms with E-state index in [2.05, 4.69) is 49.7 Å². The van der Waals surface area contributed by atoms with Crippen molar-refractivity contribution < 1.29 is 4.79 Å². The maximum atomic E-state index is 13.0. The molecule has 2 aliphatic rings. The second kappa shape index (κ2) is 11.8. The molecule has 2 N–H and O–H groups in total. The van der Waals surface area contributed by atoms with E-state index < -0.39 is 0 Å². The lowest BCUT2D eigenvalue weighted by atomic mass is 10.0. The summed E-state index contributed by atoms with van der Waals surface area (Å²) in [5, 5.41) is 12.2. The van der Waals surface area contributed by atoms with E-state index in [1.165, 1.54) is 0 Å². The number of fused-ring (bicyclic) bond motifs is 1. The minimum atomic E-state index is 0. The molecule has 8 nitrogen and oxygen atoms in total. The molecule has 1 amide bonds. The Hall–Kier alpha value is -3.75. The van der Waals surface area contributed by atoms with E-state index in [1.54, 1.807) is 6.20 Å². The zero-order valence-electron chi connectivity index (χ0n) is 21.2. The molecular weight excluding hydrogens is 498 g/mol. The monoisotopic (exact) mass is 529 g/mol. The summed E-state index contributed by atoms with van der Waals surface area (Å²) < 4.78 is 0. The van der Waals surface area contributed by atoms with Crippen LogP contribution in [0.4, 0.5) is 5.69 Å². The van der Waals surface area contributed by atoms with E-state index >= 15 is 0 Å². The maximum absolute atomic E-state index is 13.0. The van der Waals surface area contributed by atoms with Crippen LogP contribution in [0.5, 0.6) is 0 Å². The van der Waals surface area contributed by atoms with Gasteiger partial charge in [0.1, 0.15) is 0 Å². The number of anilines is 1. The zero-order valence-corrected chi connectivity index (χ0v) is 22.0. The first-order valence-corrected chi connectivity index (χ1v) is 13.0. The van der Waals surface area contributed by atoms with Gasteiger partial charge in [0.25, 0.3) is 0 Å². The van der Waals surface area contributed by atoms with Crippen molar-refractivity contribution in [3.05, 3.63) is 72.3 Å². The average Bonchev–Trinajstić information content (AvgIpc) is 3.62. The number of H-pyrrole nitrogens is 1. The highest BCUT2D eigenvalue weighted by Crippen LogP contribution is 2.38. The van der Waals surface area contributed by atoms with E-state index in [-0.39, 0.29) is 18.3 Å². The van der Waals surface area contributed by atoms with E-state index in [0.29, 0.717) is 25.6 Å². The highest BCUT2D eigenvalue weighted by molar-refractivity contribution is 6.03. The molecule has 1 atom stereocenters. The summed E-state index contributed by atoms with van der Waals surface area (Å²) >= 11 is 0. The van der Waals surface area contributed by atoms with Crippen molar-refractivity contribution in [2.24, 2.45) is 0 Å². The van der Waals surface area contributed by atoms with Crippen LogP contribution >= 0.6 is 12.4 Å². The number of aromatic amines is 1. The predicted octanol–water partition coefficient (Wildman–Crippen LogP) is 4.40. The molecule has 0 saturated carbocycles. The van der Waals surface area contributed by atoms with Crippen LogP contribution in [0, 0.1) is 0 Å². The Labute approximate surface area is 228 Å². The summed E-state index contributed by atoms with van der Waals surface area (Å²) in [5.41, 5.74) is 5.90. The molecule has 0 aliphatic carbocycles. The molecule has 0 spiro atoms. The Balaban J connectivity index is 0.00000294.